The van der Waals surface area contributed by atoms with Crippen LogP contribution in [-0.2, 0) is 14.3 Å². The van der Waals surface area contributed by atoms with E-state index in [0.717, 1.165) is 22.3 Å². The lowest BCUT2D eigenvalue weighted by molar-refractivity contribution is -0.124. The van der Waals surface area contributed by atoms with Crippen molar-refractivity contribution < 1.29 is 23.9 Å². The van der Waals surface area contributed by atoms with Crippen molar-refractivity contribution in [2.45, 2.75) is 58.6 Å². The molecule has 0 unspecified atom stereocenters. The van der Waals surface area contributed by atoms with Crippen LogP contribution in [0.4, 0.5) is 9.59 Å². The molecule has 0 spiro atoms. The van der Waals surface area contributed by atoms with Crippen LogP contribution in [0.3, 0.4) is 0 Å². The molecule has 8 heteroatoms. The van der Waals surface area contributed by atoms with Gasteiger partial charge in [-0.05, 0) is 55.4 Å². The molecule has 2 aromatic rings. The van der Waals surface area contributed by atoms with Crippen molar-refractivity contribution in [3.05, 3.63) is 59.7 Å². The Hall–Kier alpha value is -3.55. The monoisotopic (exact) mass is 467 g/mol. The first kappa shape index (κ1) is 25.1. The van der Waals surface area contributed by atoms with E-state index in [-0.39, 0.29) is 18.4 Å². The summed E-state index contributed by atoms with van der Waals surface area (Å²) in [6.07, 6.45) is -1.11. The van der Waals surface area contributed by atoms with Gasteiger partial charge in [0, 0.05) is 5.92 Å². The van der Waals surface area contributed by atoms with Gasteiger partial charge in [0.25, 0.3) is 5.91 Å². The predicted octanol–water partition coefficient (Wildman–Crippen LogP) is 4.50. The van der Waals surface area contributed by atoms with Crippen LogP contribution in [0.5, 0.6) is 0 Å². The molecular formula is C26H33N3O5. The molecule has 1 aliphatic rings. The third-order valence-electron chi connectivity index (χ3n) is 5.35. The number of alkyl carbamates (subject to hydrolysis) is 1. The number of rotatable bonds is 6. The second kappa shape index (κ2) is 10.6. The van der Waals surface area contributed by atoms with E-state index >= 15 is 0 Å². The van der Waals surface area contributed by atoms with Crippen molar-refractivity contribution in [2.24, 2.45) is 5.92 Å². The highest BCUT2D eigenvalue weighted by atomic mass is 16.6. The smallest absolute Gasteiger partial charge is 0.426 e. The topological polar surface area (TPSA) is 106 Å². The second-order valence-electron chi connectivity index (χ2n) is 9.77. The number of ether oxygens (including phenoxy) is 2. The van der Waals surface area contributed by atoms with E-state index in [1.54, 1.807) is 20.8 Å². The van der Waals surface area contributed by atoms with Gasteiger partial charge in [0.15, 0.2) is 0 Å². The van der Waals surface area contributed by atoms with Crippen molar-refractivity contribution in [2.75, 3.05) is 6.61 Å². The summed E-state index contributed by atoms with van der Waals surface area (Å²) in [5, 5.41) is 2.56. The molecule has 3 N–H and O–H groups in total. The molecule has 0 radical (unpaired) electrons. The molecule has 1 aliphatic carbocycles. The predicted molar refractivity (Wildman–Crippen MR) is 129 cm³/mol. The van der Waals surface area contributed by atoms with Crippen LogP contribution in [-0.4, -0.2) is 36.3 Å². The maximum absolute atomic E-state index is 12.6. The van der Waals surface area contributed by atoms with Crippen molar-refractivity contribution in [1.82, 2.24) is 16.2 Å². The van der Waals surface area contributed by atoms with Crippen LogP contribution in [0.25, 0.3) is 11.1 Å². The van der Waals surface area contributed by atoms with E-state index < -0.39 is 29.7 Å². The Balaban J connectivity index is 1.55. The Morgan fingerprint density at radius 1 is 0.882 bits per heavy atom. The fraction of sp³-hybridized carbons (Fsp3) is 0.423. The zero-order valence-electron chi connectivity index (χ0n) is 20.3. The molecule has 0 fully saturated rings. The van der Waals surface area contributed by atoms with Crippen molar-refractivity contribution in [3.63, 3.8) is 0 Å². The summed E-state index contributed by atoms with van der Waals surface area (Å²) in [6, 6.07) is 15.2. The van der Waals surface area contributed by atoms with Gasteiger partial charge in [0.1, 0.15) is 18.2 Å². The largest absolute Gasteiger partial charge is 0.447 e. The molecule has 0 saturated heterocycles. The minimum Gasteiger partial charge on any atom is -0.447 e. The van der Waals surface area contributed by atoms with E-state index in [1.807, 2.05) is 50.2 Å². The van der Waals surface area contributed by atoms with Crippen LogP contribution < -0.4 is 16.2 Å². The molecule has 0 saturated carbocycles. The lowest BCUT2D eigenvalue weighted by atomic mass is 9.98. The van der Waals surface area contributed by atoms with Gasteiger partial charge >= 0.3 is 12.2 Å². The third kappa shape index (κ3) is 6.50. The van der Waals surface area contributed by atoms with E-state index in [9.17, 15) is 14.4 Å². The minimum atomic E-state index is -0.872. The number of carbonyl (C=O) groups is 3. The summed E-state index contributed by atoms with van der Waals surface area (Å²) in [4.78, 5) is 37.1. The maximum atomic E-state index is 12.6. The molecule has 3 rings (SSSR count). The number of hydrogen-bond acceptors (Lipinski definition) is 5. The summed E-state index contributed by atoms with van der Waals surface area (Å²) >= 11 is 0. The van der Waals surface area contributed by atoms with Gasteiger partial charge < -0.3 is 14.8 Å². The first-order valence-corrected chi connectivity index (χ1v) is 11.5. The van der Waals surface area contributed by atoms with E-state index in [0.29, 0.717) is 6.42 Å². The number of carbonyl (C=O) groups excluding carboxylic acids is 3. The van der Waals surface area contributed by atoms with Crippen LogP contribution in [0, 0.1) is 5.92 Å². The quantitative estimate of drug-likeness (QED) is 0.543. The van der Waals surface area contributed by atoms with E-state index in [4.69, 9.17) is 9.47 Å². The van der Waals surface area contributed by atoms with Gasteiger partial charge in [0.05, 0.1) is 0 Å². The van der Waals surface area contributed by atoms with Gasteiger partial charge in [-0.25, -0.2) is 15.0 Å². The number of benzene rings is 2. The SMILES string of the molecule is CC(C)C[C@@H](NC(=O)OC(C)(C)C)C(=O)NNC(=O)OCC1c2ccccc2-c2ccccc21. The summed E-state index contributed by atoms with van der Waals surface area (Å²) in [5.74, 6) is -0.524. The van der Waals surface area contributed by atoms with Gasteiger partial charge in [-0.3, -0.25) is 10.2 Å². The minimum absolute atomic E-state index is 0.0867. The normalized spacial score (nSPS) is 13.5. The van der Waals surface area contributed by atoms with Crippen molar-refractivity contribution in [1.29, 1.82) is 0 Å². The average Bonchev–Trinajstić information content (AvgIpc) is 3.08. The fourth-order valence-electron chi connectivity index (χ4n) is 3.99. The Bertz CT molecular complexity index is 999. The lowest BCUT2D eigenvalue weighted by Crippen LogP contribution is -2.53. The first-order chi connectivity index (χ1) is 16.0. The zero-order chi connectivity index (χ0) is 24.9. The van der Waals surface area contributed by atoms with Gasteiger partial charge in [-0.15, -0.1) is 0 Å². The van der Waals surface area contributed by atoms with Gasteiger partial charge in [-0.1, -0.05) is 62.4 Å². The summed E-state index contributed by atoms with van der Waals surface area (Å²) in [5.41, 5.74) is 8.37. The van der Waals surface area contributed by atoms with Gasteiger partial charge in [-0.2, -0.15) is 0 Å². The Kier molecular flexibility index (Phi) is 7.81. The molecule has 0 heterocycles. The molecular weight excluding hydrogens is 434 g/mol. The Morgan fingerprint density at radius 3 is 1.97 bits per heavy atom. The Labute approximate surface area is 200 Å². The zero-order valence-corrected chi connectivity index (χ0v) is 20.3. The Morgan fingerprint density at radius 2 is 1.44 bits per heavy atom. The second-order valence-corrected chi connectivity index (χ2v) is 9.77. The maximum Gasteiger partial charge on any atom is 0.426 e. The van der Waals surface area contributed by atoms with E-state index in [1.165, 1.54) is 0 Å². The van der Waals surface area contributed by atoms with Crippen molar-refractivity contribution >= 4 is 18.1 Å². The molecule has 182 valence electrons. The summed E-state index contributed by atoms with van der Waals surface area (Å²) in [7, 11) is 0. The highest BCUT2D eigenvalue weighted by Gasteiger charge is 2.29. The van der Waals surface area contributed by atoms with E-state index in [2.05, 4.69) is 28.3 Å². The highest BCUT2D eigenvalue weighted by Crippen LogP contribution is 2.44. The van der Waals surface area contributed by atoms with Gasteiger partial charge in [0.2, 0.25) is 0 Å². The molecule has 1 atom stereocenters. The molecule has 8 nitrogen and oxygen atoms in total. The van der Waals surface area contributed by atoms with Crippen molar-refractivity contribution in [3.8, 4) is 11.1 Å². The number of hydrogen-bond donors (Lipinski definition) is 3. The number of fused-ring (bicyclic) bond motifs is 3. The van der Waals surface area contributed by atoms with Crippen LogP contribution in [0.15, 0.2) is 48.5 Å². The van der Waals surface area contributed by atoms with Crippen LogP contribution in [0.2, 0.25) is 0 Å². The molecule has 34 heavy (non-hydrogen) atoms. The summed E-state index contributed by atoms with van der Waals surface area (Å²) < 4.78 is 10.7. The summed E-state index contributed by atoms with van der Waals surface area (Å²) in [6.45, 7) is 9.20. The van der Waals surface area contributed by atoms with Crippen LogP contribution in [0.1, 0.15) is 58.1 Å². The standard InChI is InChI=1S/C26H33N3O5/c1-16(2)14-22(27-24(31)34-26(3,4)5)23(30)28-29-25(32)33-15-21-19-12-8-6-10-17(19)18-11-7-9-13-20(18)21/h6-13,16,21-22H,14-15H2,1-5H3,(H,27,31)(H,28,30)(H,29,32)/t22-/m1/s1. The third-order valence-corrected chi connectivity index (χ3v) is 5.35. The molecule has 0 aromatic heterocycles. The molecule has 0 aliphatic heterocycles. The lowest BCUT2D eigenvalue weighted by Gasteiger charge is -2.24. The number of amides is 3. The molecule has 2 aromatic carbocycles. The number of nitrogens with one attached hydrogen (secondary N) is 3. The number of hydrazine groups is 1. The average molecular weight is 468 g/mol. The van der Waals surface area contributed by atoms with Crippen LogP contribution >= 0.6 is 0 Å². The molecule has 3 amide bonds. The fourth-order valence-corrected chi connectivity index (χ4v) is 3.99. The molecule has 0 bridgehead atoms. The first-order valence-electron chi connectivity index (χ1n) is 11.5. The highest BCUT2D eigenvalue weighted by molar-refractivity contribution is 5.87.